The van der Waals surface area contributed by atoms with E-state index < -0.39 is 0 Å². The second-order valence-corrected chi connectivity index (χ2v) is 7.37. The zero-order valence-electron chi connectivity index (χ0n) is 15.6. The summed E-state index contributed by atoms with van der Waals surface area (Å²) in [7, 11) is 2.10. The lowest BCUT2D eigenvalue weighted by Crippen LogP contribution is -2.33. The molecular formula is C21H26N4OS. The molecule has 2 aromatic carbocycles. The van der Waals surface area contributed by atoms with E-state index in [4.69, 9.17) is 18.0 Å². The van der Waals surface area contributed by atoms with Crippen LogP contribution in [0.3, 0.4) is 0 Å². The lowest BCUT2D eigenvalue weighted by Gasteiger charge is -2.28. The van der Waals surface area contributed by atoms with E-state index in [1.165, 1.54) is 0 Å². The third kappa shape index (κ3) is 5.13. The largest absolute Gasteiger partial charge is 0.332 e. The van der Waals surface area contributed by atoms with Crippen molar-refractivity contribution in [3.8, 4) is 0 Å². The van der Waals surface area contributed by atoms with Gasteiger partial charge in [-0.15, -0.1) is 0 Å². The van der Waals surface area contributed by atoms with Crippen LogP contribution in [-0.4, -0.2) is 35.9 Å². The van der Waals surface area contributed by atoms with E-state index in [1.807, 2.05) is 48.5 Å². The topological polar surface area (TPSA) is 70.4 Å². The molecule has 5 nitrogen and oxygen atoms in total. The number of thiocarbonyl (C=S) groups is 1. The Labute approximate surface area is 165 Å². The van der Waals surface area contributed by atoms with Crippen LogP contribution in [0.5, 0.6) is 0 Å². The van der Waals surface area contributed by atoms with Gasteiger partial charge in [0.25, 0.3) is 0 Å². The van der Waals surface area contributed by atoms with Gasteiger partial charge in [0.05, 0.1) is 0 Å². The Morgan fingerprint density at radius 3 is 2.63 bits per heavy atom. The quantitative estimate of drug-likeness (QED) is 0.543. The number of carbonyl (C=O) groups excluding carboxylic acids is 1. The van der Waals surface area contributed by atoms with Gasteiger partial charge in [0.1, 0.15) is 0 Å². The van der Waals surface area contributed by atoms with Gasteiger partial charge in [0.2, 0.25) is 0 Å². The van der Waals surface area contributed by atoms with Crippen molar-refractivity contribution < 1.29 is 4.79 Å². The van der Waals surface area contributed by atoms with Crippen LogP contribution < -0.4 is 16.4 Å². The summed E-state index contributed by atoms with van der Waals surface area (Å²) in [5, 5.41) is 6.81. The van der Waals surface area contributed by atoms with Crippen molar-refractivity contribution in [1.82, 2.24) is 4.90 Å². The number of Topliss-reactive ketones (excluding diaryl/α,β-unsaturated/α-hetero) is 1. The summed E-state index contributed by atoms with van der Waals surface area (Å²) in [6.07, 6.45) is 1.84. The fourth-order valence-electron chi connectivity index (χ4n) is 3.36. The molecule has 1 saturated heterocycles. The Kier molecular flexibility index (Phi) is 6.55. The number of rotatable bonds is 5. The minimum atomic E-state index is 0.109. The fourth-order valence-corrected chi connectivity index (χ4v) is 3.59. The standard InChI is InChI=1S/C21H26N4OS/c1-25-11-9-15(10-12-25)20(26)16-6-4-7-18(13-16)23-21(27)24-19-8-3-2-5-17(19)14-22/h2-8,13,15H,9-12,14,22H2,1H3,(H2,23,24,27). The van der Waals surface area contributed by atoms with Gasteiger partial charge in [0.15, 0.2) is 10.9 Å². The molecule has 1 fully saturated rings. The molecule has 4 N–H and O–H groups in total. The number of para-hydroxylation sites is 1. The summed E-state index contributed by atoms with van der Waals surface area (Å²) in [4.78, 5) is 15.1. The van der Waals surface area contributed by atoms with Crippen molar-refractivity contribution in [2.45, 2.75) is 19.4 Å². The molecule has 0 aliphatic carbocycles. The lowest BCUT2D eigenvalue weighted by atomic mass is 9.89. The highest BCUT2D eigenvalue weighted by Crippen LogP contribution is 2.23. The van der Waals surface area contributed by atoms with E-state index in [-0.39, 0.29) is 11.7 Å². The smallest absolute Gasteiger partial charge is 0.175 e. The molecule has 1 heterocycles. The summed E-state index contributed by atoms with van der Waals surface area (Å²) in [6.45, 7) is 2.39. The zero-order valence-corrected chi connectivity index (χ0v) is 16.4. The maximum absolute atomic E-state index is 12.8. The van der Waals surface area contributed by atoms with Crippen LogP contribution in [0.1, 0.15) is 28.8 Å². The van der Waals surface area contributed by atoms with Gasteiger partial charge in [-0.05, 0) is 69.0 Å². The molecule has 27 heavy (non-hydrogen) atoms. The van der Waals surface area contributed by atoms with Gasteiger partial charge in [-0.3, -0.25) is 4.79 Å². The van der Waals surface area contributed by atoms with Crippen molar-refractivity contribution in [2.24, 2.45) is 11.7 Å². The molecule has 0 radical (unpaired) electrons. The van der Waals surface area contributed by atoms with Crippen LogP contribution in [0, 0.1) is 5.92 Å². The Balaban J connectivity index is 1.65. The first-order valence-corrected chi connectivity index (χ1v) is 9.66. The maximum atomic E-state index is 12.8. The Hall–Kier alpha value is -2.28. The number of nitrogens with two attached hydrogens (primary N) is 1. The molecular weight excluding hydrogens is 356 g/mol. The summed E-state index contributed by atoms with van der Waals surface area (Å²) in [5.74, 6) is 0.331. The predicted molar refractivity (Wildman–Crippen MR) is 115 cm³/mol. The highest BCUT2D eigenvalue weighted by Gasteiger charge is 2.24. The van der Waals surface area contributed by atoms with Gasteiger partial charge < -0.3 is 21.3 Å². The van der Waals surface area contributed by atoms with E-state index >= 15 is 0 Å². The third-order valence-corrected chi connectivity index (χ3v) is 5.18. The molecule has 0 saturated carbocycles. The molecule has 0 spiro atoms. The molecule has 0 aromatic heterocycles. The summed E-state index contributed by atoms with van der Waals surface area (Å²) < 4.78 is 0. The van der Waals surface area contributed by atoms with Gasteiger partial charge in [-0.25, -0.2) is 0 Å². The van der Waals surface area contributed by atoms with Crippen LogP contribution in [0.2, 0.25) is 0 Å². The van der Waals surface area contributed by atoms with Crippen LogP contribution >= 0.6 is 12.2 Å². The minimum Gasteiger partial charge on any atom is -0.332 e. The summed E-state index contributed by atoms with van der Waals surface area (Å²) in [6, 6.07) is 15.3. The van der Waals surface area contributed by atoms with Crippen molar-refractivity contribution in [3.05, 3.63) is 59.7 Å². The van der Waals surface area contributed by atoms with Gasteiger partial charge in [0, 0.05) is 29.4 Å². The number of carbonyl (C=O) groups is 1. The SMILES string of the molecule is CN1CCC(C(=O)c2cccc(NC(=S)Nc3ccccc3CN)c2)CC1. The van der Waals surface area contributed by atoms with E-state index in [2.05, 4.69) is 22.6 Å². The van der Waals surface area contributed by atoms with Gasteiger partial charge >= 0.3 is 0 Å². The van der Waals surface area contributed by atoms with E-state index in [0.29, 0.717) is 11.7 Å². The number of hydrogen-bond donors (Lipinski definition) is 3. The normalized spacial score (nSPS) is 15.3. The number of ketones is 1. The van der Waals surface area contributed by atoms with Crippen molar-refractivity contribution in [1.29, 1.82) is 0 Å². The van der Waals surface area contributed by atoms with Crippen LogP contribution in [0.4, 0.5) is 11.4 Å². The van der Waals surface area contributed by atoms with E-state index in [9.17, 15) is 4.79 Å². The monoisotopic (exact) mass is 382 g/mol. The van der Waals surface area contributed by atoms with E-state index in [1.54, 1.807) is 0 Å². The Bertz CT molecular complexity index is 815. The number of nitrogens with zero attached hydrogens (tertiary/aromatic N) is 1. The molecule has 0 atom stereocenters. The second-order valence-electron chi connectivity index (χ2n) is 6.96. The maximum Gasteiger partial charge on any atom is 0.175 e. The molecule has 142 valence electrons. The number of nitrogens with one attached hydrogen (secondary N) is 2. The Morgan fingerprint density at radius 2 is 1.89 bits per heavy atom. The highest BCUT2D eigenvalue weighted by molar-refractivity contribution is 7.80. The summed E-state index contributed by atoms with van der Waals surface area (Å²) in [5.41, 5.74) is 9.18. The third-order valence-electron chi connectivity index (χ3n) is 4.98. The average Bonchev–Trinajstić information content (AvgIpc) is 2.68. The number of benzene rings is 2. The lowest BCUT2D eigenvalue weighted by molar-refractivity contribution is 0.0857. The Morgan fingerprint density at radius 1 is 1.15 bits per heavy atom. The first kappa shape index (κ1) is 19.5. The highest BCUT2D eigenvalue weighted by atomic mass is 32.1. The molecule has 0 amide bonds. The number of hydrogen-bond acceptors (Lipinski definition) is 4. The molecule has 0 bridgehead atoms. The van der Waals surface area contributed by atoms with Crippen LogP contribution in [0.15, 0.2) is 48.5 Å². The molecule has 2 aromatic rings. The number of anilines is 2. The van der Waals surface area contributed by atoms with Gasteiger partial charge in [-0.1, -0.05) is 30.3 Å². The molecule has 3 rings (SSSR count). The predicted octanol–water partition coefficient (Wildman–Crippen LogP) is 3.48. The van der Waals surface area contributed by atoms with Crippen molar-refractivity contribution in [2.75, 3.05) is 30.8 Å². The molecule has 6 heteroatoms. The zero-order chi connectivity index (χ0) is 19.2. The molecule has 0 unspecified atom stereocenters. The van der Waals surface area contributed by atoms with Crippen molar-refractivity contribution in [3.63, 3.8) is 0 Å². The average molecular weight is 383 g/mol. The first-order valence-electron chi connectivity index (χ1n) is 9.25. The van der Waals surface area contributed by atoms with Crippen LogP contribution in [-0.2, 0) is 6.54 Å². The number of piperidine rings is 1. The minimum absolute atomic E-state index is 0.109. The fraction of sp³-hybridized carbons (Fsp3) is 0.333. The molecule has 1 aliphatic rings. The van der Waals surface area contributed by atoms with Crippen molar-refractivity contribution >= 4 is 34.5 Å². The van der Waals surface area contributed by atoms with E-state index in [0.717, 1.165) is 48.4 Å². The number of likely N-dealkylation sites (tertiary alicyclic amines) is 1. The van der Waals surface area contributed by atoms with Crippen LogP contribution in [0.25, 0.3) is 0 Å². The first-order chi connectivity index (χ1) is 13.1. The molecule has 1 aliphatic heterocycles. The summed E-state index contributed by atoms with van der Waals surface area (Å²) >= 11 is 5.42. The van der Waals surface area contributed by atoms with Gasteiger partial charge in [-0.2, -0.15) is 0 Å². The second kappa shape index (κ2) is 9.08.